The van der Waals surface area contributed by atoms with Gasteiger partial charge in [-0.15, -0.1) is 0 Å². The molecule has 0 saturated heterocycles. The number of Topliss-reactive ketones (excluding diaryl/α,β-unsaturated/α-hetero) is 1. The van der Waals surface area contributed by atoms with Crippen LogP contribution >= 0.6 is 15.9 Å². The number of carbonyl (C=O) groups excluding carboxylic acids is 2. The summed E-state index contributed by atoms with van der Waals surface area (Å²) in [4.78, 5) is 35.3. The van der Waals surface area contributed by atoms with Gasteiger partial charge in [0.05, 0.1) is 5.56 Å². The van der Waals surface area contributed by atoms with Gasteiger partial charge in [0.15, 0.2) is 0 Å². The van der Waals surface area contributed by atoms with Gasteiger partial charge in [-0.25, -0.2) is 4.79 Å². The van der Waals surface area contributed by atoms with Crippen LogP contribution in [0.4, 0.5) is 0 Å². The molecule has 0 spiro atoms. The molecule has 0 aliphatic carbocycles. The Labute approximate surface area is 131 Å². The normalized spacial score (nSPS) is 12.6. The zero-order valence-corrected chi connectivity index (χ0v) is 13.7. The monoisotopic (exact) mass is 355 g/mol. The topological polar surface area (TPSA) is 83.5 Å². The second-order valence-electron chi connectivity index (χ2n) is 5.72. The molecular weight excluding hydrogens is 338 g/mol. The minimum Gasteiger partial charge on any atom is -0.480 e. The van der Waals surface area contributed by atoms with Gasteiger partial charge < -0.3 is 10.4 Å². The summed E-state index contributed by atoms with van der Waals surface area (Å²) in [5.41, 5.74) is -0.321. The number of amides is 1. The van der Waals surface area contributed by atoms with Crippen LogP contribution in [0.1, 0.15) is 37.6 Å². The highest BCUT2D eigenvalue weighted by molar-refractivity contribution is 9.10. The summed E-state index contributed by atoms with van der Waals surface area (Å²) in [6.45, 7) is 5.14. The second-order valence-corrected chi connectivity index (χ2v) is 6.58. The summed E-state index contributed by atoms with van der Waals surface area (Å²) >= 11 is 3.23. The Morgan fingerprint density at radius 2 is 1.81 bits per heavy atom. The van der Waals surface area contributed by atoms with Crippen molar-refractivity contribution in [3.63, 3.8) is 0 Å². The molecule has 0 bridgehead atoms. The lowest BCUT2D eigenvalue weighted by Gasteiger charge is -2.20. The molecule has 1 unspecified atom stereocenters. The molecule has 1 amide bonds. The van der Waals surface area contributed by atoms with Crippen molar-refractivity contribution >= 4 is 33.6 Å². The van der Waals surface area contributed by atoms with Gasteiger partial charge in [0.25, 0.3) is 5.91 Å². The first-order valence-corrected chi connectivity index (χ1v) is 7.23. The van der Waals surface area contributed by atoms with E-state index >= 15 is 0 Å². The molecule has 6 heteroatoms. The van der Waals surface area contributed by atoms with Crippen molar-refractivity contribution in [3.05, 3.63) is 34.3 Å². The van der Waals surface area contributed by atoms with Crippen LogP contribution < -0.4 is 5.32 Å². The minimum absolute atomic E-state index is 0.220. The third kappa shape index (κ3) is 4.97. The Balaban J connectivity index is 2.85. The molecular formula is C15H18BrNO4. The predicted molar refractivity (Wildman–Crippen MR) is 82.1 cm³/mol. The maximum Gasteiger partial charge on any atom is 0.326 e. The van der Waals surface area contributed by atoms with Crippen LogP contribution in [0.15, 0.2) is 28.7 Å². The molecule has 1 aromatic rings. The third-order valence-corrected chi connectivity index (χ3v) is 3.64. The van der Waals surface area contributed by atoms with Crippen LogP contribution in [-0.2, 0) is 9.59 Å². The van der Waals surface area contributed by atoms with E-state index in [1.165, 1.54) is 0 Å². The fraction of sp³-hybridized carbons (Fsp3) is 0.400. The van der Waals surface area contributed by atoms with Gasteiger partial charge in [0.2, 0.25) is 0 Å². The SMILES string of the molecule is CC(C)(C)C(=O)CC(NC(=O)c1ccccc1Br)C(=O)O. The summed E-state index contributed by atoms with van der Waals surface area (Å²) < 4.78 is 0.564. The van der Waals surface area contributed by atoms with Gasteiger partial charge in [-0.2, -0.15) is 0 Å². The molecule has 0 heterocycles. The van der Waals surface area contributed by atoms with Gasteiger partial charge in [-0.1, -0.05) is 32.9 Å². The molecule has 0 saturated carbocycles. The lowest BCUT2D eigenvalue weighted by Crippen LogP contribution is -2.43. The highest BCUT2D eigenvalue weighted by atomic mass is 79.9. The van der Waals surface area contributed by atoms with E-state index in [2.05, 4.69) is 21.2 Å². The van der Waals surface area contributed by atoms with Gasteiger partial charge >= 0.3 is 5.97 Å². The number of ketones is 1. The van der Waals surface area contributed by atoms with Gasteiger partial charge in [-0.05, 0) is 28.1 Å². The third-order valence-electron chi connectivity index (χ3n) is 2.95. The summed E-state index contributed by atoms with van der Waals surface area (Å²) in [7, 11) is 0. The smallest absolute Gasteiger partial charge is 0.326 e. The molecule has 114 valence electrons. The van der Waals surface area contributed by atoms with E-state index < -0.39 is 23.3 Å². The van der Waals surface area contributed by atoms with Crippen molar-refractivity contribution in [2.24, 2.45) is 5.41 Å². The molecule has 1 atom stereocenters. The van der Waals surface area contributed by atoms with Crippen LogP contribution in [-0.4, -0.2) is 28.8 Å². The van der Waals surface area contributed by atoms with Gasteiger partial charge in [-0.3, -0.25) is 9.59 Å². The molecule has 1 rings (SSSR count). The zero-order chi connectivity index (χ0) is 16.2. The van der Waals surface area contributed by atoms with Crippen molar-refractivity contribution in [1.29, 1.82) is 0 Å². The van der Waals surface area contributed by atoms with E-state index in [0.717, 1.165) is 0 Å². The van der Waals surface area contributed by atoms with Crippen molar-refractivity contribution in [3.8, 4) is 0 Å². The summed E-state index contributed by atoms with van der Waals surface area (Å²) in [6.07, 6.45) is -0.241. The molecule has 5 nitrogen and oxygen atoms in total. The number of rotatable bonds is 5. The Bertz CT molecular complexity index is 563. The van der Waals surface area contributed by atoms with Crippen LogP contribution in [0.25, 0.3) is 0 Å². The summed E-state index contributed by atoms with van der Waals surface area (Å²) in [5, 5.41) is 11.6. The number of carboxylic acid groups (broad SMARTS) is 1. The Hall–Kier alpha value is -1.69. The second kappa shape index (κ2) is 6.85. The average Bonchev–Trinajstić information content (AvgIpc) is 2.36. The Morgan fingerprint density at radius 3 is 2.29 bits per heavy atom. The highest BCUT2D eigenvalue weighted by Gasteiger charge is 2.29. The van der Waals surface area contributed by atoms with Crippen molar-refractivity contribution < 1.29 is 19.5 Å². The van der Waals surface area contributed by atoms with Gasteiger partial charge in [0, 0.05) is 16.3 Å². The molecule has 0 aliphatic rings. The van der Waals surface area contributed by atoms with Crippen LogP contribution in [0.2, 0.25) is 0 Å². The quantitative estimate of drug-likeness (QED) is 0.850. The van der Waals surface area contributed by atoms with Crippen molar-refractivity contribution in [1.82, 2.24) is 5.32 Å². The first kappa shape index (κ1) is 17.4. The maximum atomic E-state index is 12.1. The Morgan fingerprint density at radius 1 is 1.24 bits per heavy atom. The number of carboxylic acids is 1. The maximum absolute atomic E-state index is 12.1. The number of aliphatic carboxylic acids is 1. The lowest BCUT2D eigenvalue weighted by molar-refractivity contribution is -0.142. The Kier molecular flexibility index (Phi) is 5.66. The van der Waals surface area contributed by atoms with Crippen LogP contribution in [0.3, 0.4) is 0 Å². The van der Waals surface area contributed by atoms with E-state index in [0.29, 0.717) is 10.0 Å². The molecule has 0 radical (unpaired) electrons. The van der Waals surface area contributed by atoms with E-state index in [-0.39, 0.29) is 12.2 Å². The number of hydrogen-bond donors (Lipinski definition) is 2. The standard InChI is InChI=1S/C15H18BrNO4/c1-15(2,3)12(18)8-11(14(20)21)17-13(19)9-6-4-5-7-10(9)16/h4-7,11H,8H2,1-3H3,(H,17,19)(H,20,21). The fourth-order valence-electron chi connectivity index (χ4n) is 1.57. The number of nitrogens with one attached hydrogen (secondary N) is 1. The predicted octanol–water partition coefficient (Wildman–Crippen LogP) is 2.64. The molecule has 0 fully saturated rings. The molecule has 21 heavy (non-hydrogen) atoms. The minimum atomic E-state index is -1.24. The van der Waals surface area contributed by atoms with E-state index in [4.69, 9.17) is 0 Å². The van der Waals surface area contributed by atoms with Crippen molar-refractivity contribution in [2.45, 2.75) is 33.2 Å². The average molecular weight is 356 g/mol. The molecule has 1 aromatic carbocycles. The lowest BCUT2D eigenvalue weighted by atomic mass is 9.87. The van der Waals surface area contributed by atoms with Crippen LogP contribution in [0, 0.1) is 5.41 Å². The van der Waals surface area contributed by atoms with Gasteiger partial charge in [0.1, 0.15) is 11.8 Å². The van der Waals surface area contributed by atoms with Crippen molar-refractivity contribution in [2.75, 3.05) is 0 Å². The number of benzene rings is 1. The largest absolute Gasteiger partial charge is 0.480 e. The summed E-state index contributed by atoms with van der Waals surface area (Å²) in [6, 6.07) is 5.44. The molecule has 2 N–H and O–H groups in total. The van der Waals surface area contributed by atoms with E-state index in [1.807, 2.05) is 0 Å². The molecule has 0 aromatic heterocycles. The van der Waals surface area contributed by atoms with Crippen LogP contribution in [0.5, 0.6) is 0 Å². The first-order chi connectivity index (χ1) is 9.62. The first-order valence-electron chi connectivity index (χ1n) is 6.44. The molecule has 0 aliphatic heterocycles. The number of hydrogen-bond acceptors (Lipinski definition) is 3. The zero-order valence-electron chi connectivity index (χ0n) is 12.1. The highest BCUT2D eigenvalue weighted by Crippen LogP contribution is 2.19. The summed E-state index contributed by atoms with van der Waals surface area (Å²) in [5.74, 6) is -1.98. The number of carbonyl (C=O) groups is 3. The van der Waals surface area contributed by atoms with E-state index in [9.17, 15) is 19.5 Å². The fourth-order valence-corrected chi connectivity index (χ4v) is 2.04. The van der Waals surface area contributed by atoms with E-state index in [1.54, 1.807) is 45.0 Å². The number of halogens is 1.